The fraction of sp³-hybridized carbons (Fsp3) is 0.364. The third-order valence-corrected chi connectivity index (χ3v) is 2.44. The predicted molar refractivity (Wildman–Crippen MR) is 63.3 cm³/mol. The maximum Gasteiger partial charge on any atom is 0.285 e. The number of nitrogens with one attached hydrogen (secondary N) is 1. The molecule has 18 heavy (non-hydrogen) atoms. The summed E-state index contributed by atoms with van der Waals surface area (Å²) in [5.74, 6) is -0.696. The molecule has 1 amide bonds. The number of hydrogen-bond donors (Lipinski definition) is 3. The molecule has 7 nitrogen and oxygen atoms in total. The van der Waals surface area contributed by atoms with E-state index in [1.807, 2.05) is 0 Å². The van der Waals surface area contributed by atoms with Crippen LogP contribution in [0.5, 0.6) is 0 Å². The number of nitro groups is 1. The average molecular weight is 254 g/mol. The van der Waals surface area contributed by atoms with E-state index in [2.05, 4.69) is 5.32 Å². The van der Waals surface area contributed by atoms with E-state index in [4.69, 9.17) is 10.2 Å². The predicted octanol–water partition coefficient (Wildman–Crippen LogP) is -0.0138. The van der Waals surface area contributed by atoms with Crippen LogP contribution >= 0.6 is 0 Å². The molecular formula is C11H14N2O5. The minimum absolute atomic E-state index is 0.0908. The molecule has 0 aliphatic carbocycles. The van der Waals surface area contributed by atoms with Gasteiger partial charge in [0.25, 0.3) is 11.6 Å². The highest BCUT2D eigenvalue weighted by molar-refractivity contribution is 5.98. The monoisotopic (exact) mass is 254 g/mol. The number of benzene rings is 1. The van der Waals surface area contributed by atoms with Gasteiger partial charge in [-0.3, -0.25) is 14.9 Å². The number of aryl methyl sites for hydroxylation is 1. The van der Waals surface area contributed by atoms with Gasteiger partial charge in [0.15, 0.2) is 0 Å². The summed E-state index contributed by atoms with van der Waals surface area (Å²) in [7, 11) is 0. The van der Waals surface area contributed by atoms with E-state index in [9.17, 15) is 14.9 Å². The summed E-state index contributed by atoms with van der Waals surface area (Å²) in [4.78, 5) is 22.1. The minimum atomic E-state index is -0.836. The van der Waals surface area contributed by atoms with Gasteiger partial charge in [0.2, 0.25) is 0 Å². The third-order valence-electron chi connectivity index (χ3n) is 2.44. The summed E-state index contributed by atoms with van der Waals surface area (Å²) >= 11 is 0. The van der Waals surface area contributed by atoms with E-state index in [0.717, 1.165) is 0 Å². The van der Waals surface area contributed by atoms with E-state index in [0.29, 0.717) is 5.56 Å². The molecule has 0 aliphatic heterocycles. The quantitative estimate of drug-likeness (QED) is 0.505. The first-order chi connectivity index (χ1) is 8.51. The van der Waals surface area contributed by atoms with Gasteiger partial charge in [-0.05, 0) is 13.0 Å². The van der Waals surface area contributed by atoms with Gasteiger partial charge in [-0.15, -0.1) is 0 Å². The van der Waals surface area contributed by atoms with Gasteiger partial charge in [0.1, 0.15) is 5.56 Å². The molecule has 0 aromatic heterocycles. The summed E-state index contributed by atoms with van der Waals surface area (Å²) in [6.07, 6.45) is 0. The second-order valence-electron chi connectivity index (χ2n) is 3.76. The third kappa shape index (κ3) is 3.02. The Kier molecular flexibility index (Phi) is 4.75. The lowest BCUT2D eigenvalue weighted by atomic mass is 10.1. The lowest BCUT2D eigenvalue weighted by Gasteiger charge is -2.13. The summed E-state index contributed by atoms with van der Waals surface area (Å²) in [5, 5.41) is 30.9. The van der Waals surface area contributed by atoms with Crippen molar-refractivity contribution in [3.63, 3.8) is 0 Å². The Morgan fingerprint density at radius 3 is 2.56 bits per heavy atom. The van der Waals surface area contributed by atoms with Crippen LogP contribution in [0, 0.1) is 17.0 Å². The van der Waals surface area contributed by atoms with Crippen molar-refractivity contribution in [2.75, 3.05) is 13.2 Å². The van der Waals surface area contributed by atoms with Crippen LogP contribution in [0.15, 0.2) is 18.2 Å². The zero-order valence-electron chi connectivity index (χ0n) is 9.79. The molecule has 0 saturated carbocycles. The van der Waals surface area contributed by atoms with Crippen LogP contribution in [0.2, 0.25) is 0 Å². The summed E-state index contributed by atoms with van der Waals surface area (Å²) in [5.41, 5.74) is 0.00808. The highest BCUT2D eigenvalue weighted by Crippen LogP contribution is 2.22. The first-order valence-corrected chi connectivity index (χ1v) is 5.27. The van der Waals surface area contributed by atoms with E-state index in [-0.39, 0.29) is 11.3 Å². The Morgan fingerprint density at radius 2 is 2.06 bits per heavy atom. The average Bonchev–Trinajstić information content (AvgIpc) is 2.34. The van der Waals surface area contributed by atoms with Crippen molar-refractivity contribution < 1.29 is 19.9 Å². The van der Waals surface area contributed by atoms with E-state index < -0.39 is 30.1 Å². The van der Waals surface area contributed by atoms with Crippen molar-refractivity contribution in [3.05, 3.63) is 39.4 Å². The molecule has 3 N–H and O–H groups in total. The Hall–Kier alpha value is -1.99. The van der Waals surface area contributed by atoms with Gasteiger partial charge in [-0.2, -0.15) is 0 Å². The lowest BCUT2D eigenvalue weighted by Crippen LogP contribution is -2.40. The van der Waals surface area contributed by atoms with Gasteiger partial charge >= 0.3 is 0 Å². The van der Waals surface area contributed by atoms with Crippen molar-refractivity contribution in [3.8, 4) is 0 Å². The fourth-order valence-electron chi connectivity index (χ4n) is 1.50. The van der Waals surface area contributed by atoms with Crippen LogP contribution < -0.4 is 5.32 Å². The van der Waals surface area contributed by atoms with Gasteiger partial charge in [0, 0.05) is 5.56 Å². The first-order valence-electron chi connectivity index (χ1n) is 5.27. The van der Waals surface area contributed by atoms with Crippen LogP contribution in [-0.4, -0.2) is 40.3 Å². The Morgan fingerprint density at radius 1 is 1.44 bits per heavy atom. The van der Waals surface area contributed by atoms with Crippen molar-refractivity contribution in [1.29, 1.82) is 0 Å². The molecule has 0 atom stereocenters. The molecule has 0 unspecified atom stereocenters. The van der Waals surface area contributed by atoms with Crippen LogP contribution in [0.1, 0.15) is 15.9 Å². The van der Waals surface area contributed by atoms with E-state index in [1.54, 1.807) is 0 Å². The molecule has 1 rings (SSSR count). The number of hydrogen-bond acceptors (Lipinski definition) is 5. The van der Waals surface area contributed by atoms with E-state index >= 15 is 0 Å². The highest BCUT2D eigenvalue weighted by Gasteiger charge is 2.23. The number of carbonyl (C=O) groups excluding carboxylic acids is 1. The molecule has 0 fully saturated rings. The van der Waals surface area contributed by atoms with Crippen LogP contribution in [0.3, 0.4) is 0 Å². The number of rotatable bonds is 5. The lowest BCUT2D eigenvalue weighted by molar-refractivity contribution is -0.385. The highest BCUT2D eigenvalue weighted by atomic mass is 16.6. The Labute approximate surface area is 103 Å². The molecular weight excluding hydrogens is 240 g/mol. The smallest absolute Gasteiger partial charge is 0.285 e. The zero-order chi connectivity index (χ0) is 13.7. The van der Waals surface area contributed by atoms with Crippen LogP contribution in [-0.2, 0) is 0 Å². The molecule has 1 aromatic rings. The maximum atomic E-state index is 11.8. The summed E-state index contributed by atoms with van der Waals surface area (Å²) < 4.78 is 0. The number of nitro benzene ring substituents is 1. The maximum absolute atomic E-state index is 11.8. The first kappa shape index (κ1) is 14.1. The molecule has 0 radical (unpaired) electrons. The number of para-hydroxylation sites is 1. The molecule has 1 aromatic carbocycles. The fourth-order valence-corrected chi connectivity index (χ4v) is 1.50. The Bertz CT molecular complexity index is 457. The number of nitrogens with zero attached hydrogens (tertiary/aromatic N) is 1. The molecule has 0 aliphatic rings. The summed E-state index contributed by atoms with van der Waals surface area (Å²) in [6, 6.07) is 3.55. The van der Waals surface area contributed by atoms with Gasteiger partial charge in [0.05, 0.1) is 24.2 Å². The standard InChI is InChI=1S/C11H14N2O5/c1-7-3-2-4-9(10(7)13(17)18)11(16)12-8(5-14)6-15/h2-4,8,14-15H,5-6H2,1H3,(H,12,16). The molecule has 0 heterocycles. The van der Waals surface area contributed by atoms with Gasteiger partial charge in [-0.1, -0.05) is 12.1 Å². The normalized spacial score (nSPS) is 10.4. The van der Waals surface area contributed by atoms with Gasteiger partial charge in [-0.25, -0.2) is 0 Å². The second-order valence-corrected chi connectivity index (χ2v) is 3.76. The largest absolute Gasteiger partial charge is 0.394 e. The van der Waals surface area contributed by atoms with Crippen molar-refractivity contribution >= 4 is 11.6 Å². The molecule has 7 heteroatoms. The topological polar surface area (TPSA) is 113 Å². The number of amides is 1. The Balaban J connectivity index is 3.06. The molecule has 0 spiro atoms. The van der Waals surface area contributed by atoms with Crippen molar-refractivity contribution in [2.45, 2.75) is 13.0 Å². The number of aliphatic hydroxyl groups excluding tert-OH is 2. The minimum Gasteiger partial charge on any atom is -0.394 e. The molecule has 0 saturated heterocycles. The SMILES string of the molecule is Cc1cccc(C(=O)NC(CO)CO)c1[N+](=O)[O-]. The van der Waals surface area contributed by atoms with Crippen LogP contribution in [0.4, 0.5) is 5.69 Å². The van der Waals surface area contributed by atoms with Crippen molar-refractivity contribution in [2.24, 2.45) is 0 Å². The summed E-state index contributed by atoms with van der Waals surface area (Å²) in [6.45, 7) is 0.647. The van der Waals surface area contributed by atoms with E-state index in [1.165, 1.54) is 25.1 Å². The van der Waals surface area contributed by atoms with Crippen LogP contribution in [0.25, 0.3) is 0 Å². The number of aliphatic hydroxyl groups is 2. The van der Waals surface area contributed by atoms with Crippen molar-refractivity contribution in [1.82, 2.24) is 5.32 Å². The number of carbonyl (C=O) groups is 1. The van der Waals surface area contributed by atoms with Gasteiger partial charge < -0.3 is 15.5 Å². The molecule has 98 valence electrons. The zero-order valence-corrected chi connectivity index (χ0v) is 9.79. The second kappa shape index (κ2) is 6.08. The molecule has 0 bridgehead atoms.